The molecule has 0 N–H and O–H groups in total. The molecule has 3 heterocycles. The number of furan rings is 1. The van der Waals surface area contributed by atoms with E-state index in [0.29, 0.717) is 5.82 Å². The zero-order valence-corrected chi connectivity index (χ0v) is 29.6. The van der Waals surface area contributed by atoms with Gasteiger partial charge < -0.3 is 4.42 Å². The molecule has 0 aliphatic heterocycles. The predicted octanol–water partition coefficient (Wildman–Crippen LogP) is 13.6. The third-order valence-corrected chi connectivity index (χ3v) is 10.7. The van der Waals surface area contributed by atoms with Crippen molar-refractivity contribution in [2.75, 3.05) is 0 Å². The molecule has 0 radical (unpaired) electrons. The summed E-state index contributed by atoms with van der Waals surface area (Å²) in [7, 11) is 0. The minimum Gasteiger partial charge on any atom is -0.455 e. The Balaban J connectivity index is 1.11. The lowest BCUT2D eigenvalue weighted by Gasteiger charge is -2.14. The maximum atomic E-state index is 6.73. The van der Waals surface area contributed by atoms with Gasteiger partial charge in [0.05, 0.1) is 28.0 Å². The molecular formula is C51H31N3O. The molecule has 4 nitrogen and oxygen atoms in total. The smallest absolute Gasteiger partial charge is 0.160 e. The van der Waals surface area contributed by atoms with Crippen LogP contribution in [0.25, 0.3) is 111 Å². The molecular weight excluding hydrogens is 671 g/mol. The van der Waals surface area contributed by atoms with Crippen LogP contribution in [-0.4, -0.2) is 15.0 Å². The Bertz CT molecular complexity index is 3180. The van der Waals surface area contributed by atoms with E-state index in [-0.39, 0.29) is 0 Å². The molecule has 8 aromatic carbocycles. The van der Waals surface area contributed by atoms with Gasteiger partial charge in [-0.2, -0.15) is 0 Å². The lowest BCUT2D eigenvalue weighted by Crippen LogP contribution is -1.96. The Morgan fingerprint density at radius 2 is 0.945 bits per heavy atom. The van der Waals surface area contributed by atoms with E-state index in [1.54, 1.807) is 0 Å². The third kappa shape index (κ3) is 5.19. The first kappa shape index (κ1) is 31.1. The molecule has 0 fully saturated rings. The number of hydrogen-bond acceptors (Lipinski definition) is 4. The van der Waals surface area contributed by atoms with E-state index >= 15 is 0 Å². The van der Waals surface area contributed by atoms with E-state index in [0.717, 1.165) is 88.7 Å². The van der Waals surface area contributed by atoms with Crippen LogP contribution in [0.15, 0.2) is 192 Å². The van der Waals surface area contributed by atoms with Crippen LogP contribution in [0.2, 0.25) is 0 Å². The number of para-hydroxylation sites is 2. The number of nitrogens with zero attached hydrogens (tertiary/aromatic N) is 3. The van der Waals surface area contributed by atoms with Crippen LogP contribution in [0.4, 0.5) is 0 Å². The van der Waals surface area contributed by atoms with Gasteiger partial charge in [-0.25, -0.2) is 15.0 Å². The maximum absolute atomic E-state index is 6.73. The van der Waals surface area contributed by atoms with Gasteiger partial charge in [0.25, 0.3) is 0 Å². The molecule has 0 spiro atoms. The van der Waals surface area contributed by atoms with Crippen molar-refractivity contribution in [3.63, 3.8) is 0 Å². The quantitative estimate of drug-likeness (QED) is 0.168. The fourth-order valence-electron chi connectivity index (χ4n) is 8.05. The summed E-state index contributed by atoms with van der Waals surface area (Å²) in [6.45, 7) is 0. The van der Waals surface area contributed by atoms with Gasteiger partial charge >= 0.3 is 0 Å². The van der Waals surface area contributed by atoms with Crippen LogP contribution in [-0.2, 0) is 0 Å². The summed E-state index contributed by atoms with van der Waals surface area (Å²) in [5.74, 6) is 0.678. The SMILES string of the molecule is c1ccc(-c2cc(-c3ccccc3)nc(-c3ccc(-c4cccc5c4nc(-c4cc6ccccc6c6ccccc46)c4c6ccccc6oc54)cc3)n2)cc1. The van der Waals surface area contributed by atoms with E-state index in [4.69, 9.17) is 19.4 Å². The molecule has 4 heteroatoms. The number of aromatic nitrogens is 3. The van der Waals surface area contributed by atoms with Crippen LogP contribution in [0, 0.1) is 0 Å². The molecule has 0 saturated heterocycles. The number of rotatable bonds is 5. The Kier molecular flexibility index (Phi) is 7.14. The second-order valence-corrected chi connectivity index (χ2v) is 13.9. The highest BCUT2D eigenvalue weighted by Crippen LogP contribution is 2.44. The lowest BCUT2D eigenvalue weighted by atomic mass is 9.92. The van der Waals surface area contributed by atoms with Gasteiger partial charge in [-0.15, -0.1) is 0 Å². The highest BCUT2D eigenvalue weighted by Gasteiger charge is 2.22. The standard InChI is InChI=1S/C51H31N3O/c1-3-14-33(15-4-1)44-31-45(34-16-5-2-6-17-34)53-51(52-44)35-28-26-32(27-29-35)38-23-13-24-42-48(38)54-49(47-41-22-11-12-25-46(41)55-50(42)47)43-30-36-18-7-8-19-37(36)39-20-9-10-21-40(39)43/h1-31H. The van der Waals surface area contributed by atoms with E-state index in [2.05, 4.69) is 140 Å². The third-order valence-electron chi connectivity index (χ3n) is 10.7. The Hall–Kier alpha value is -7.43. The molecule has 256 valence electrons. The van der Waals surface area contributed by atoms with E-state index < -0.39 is 0 Å². The van der Waals surface area contributed by atoms with E-state index in [9.17, 15) is 0 Å². The van der Waals surface area contributed by atoms with Crippen LogP contribution >= 0.6 is 0 Å². The molecule has 0 aliphatic rings. The van der Waals surface area contributed by atoms with Gasteiger partial charge in [0.15, 0.2) is 5.82 Å². The molecule has 0 atom stereocenters. The Morgan fingerprint density at radius 1 is 0.364 bits per heavy atom. The highest BCUT2D eigenvalue weighted by molar-refractivity contribution is 6.24. The molecule has 55 heavy (non-hydrogen) atoms. The normalized spacial score (nSPS) is 11.6. The highest BCUT2D eigenvalue weighted by atomic mass is 16.3. The van der Waals surface area contributed by atoms with Crippen LogP contribution in [0.5, 0.6) is 0 Å². The van der Waals surface area contributed by atoms with Gasteiger partial charge in [0.1, 0.15) is 11.2 Å². The topological polar surface area (TPSA) is 51.8 Å². The Labute approximate surface area is 317 Å². The molecule has 0 amide bonds. The molecule has 0 unspecified atom stereocenters. The number of fused-ring (bicyclic) bond motifs is 8. The summed E-state index contributed by atoms with van der Waals surface area (Å²) >= 11 is 0. The first-order valence-corrected chi connectivity index (χ1v) is 18.5. The molecule has 0 bridgehead atoms. The lowest BCUT2D eigenvalue weighted by molar-refractivity contribution is 0.672. The van der Waals surface area contributed by atoms with Gasteiger partial charge in [-0.1, -0.05) is 164 Å². The second-order valence-electron chi connectivity index (χ2n) is 13.9. The molecule has 0 saturated carbocycles. The zero-order valence-electron chi connectivity index (χ0n) is 29.6. The largest absolute Gasteiger partial charge is 0.455 e. The van der Waals surface area contributed by atoms with Crippen LogP contribution in [0.3, 0.4) is 0 Å². The van der Waals surface area contributed by atoms with Crippen molar-refractivity contribution in [2.24, 2.45) is 0 Å². The van der Waals surface area contributed by atoms with Crippen molar-refractivity contribution >= 4 is 54.4 Å². The number of hydrogen-bond donors (Lipinski definition) is 0. The van der Waals surface area contributed by atoms with Crippen molar-refractivity contribution in [3.8, 4) is 56.3 Å². The van der Waals surface area contributed by atoms with Crippen molar-refractivity contribution in [1.82, 2.24) is 15.0 Å². The van der Waals surface area contributed by atoms with Gasteiger partial charge in [0, 0.05) is 38.6 Å². The summed E-state index contributed by atoms with van der Waals surface area (Å²) < 4.78 is 6.73. The molecule has 3 aromatic heterocycles. The van der Waals surface area contributed by atoms with Gasteiger partial charge in [0.2, 0.25) is 0 Å². The molecule has 0 aliphatic carbocycles. The maximum Gasteiger partial charge on any atom is 0.160 e. The zero-order chi connectivity index (χ0) is 36.3. The second kappa shape index (κ2) is 12.6. The van der Waals surface area contributed by atoms with E-state index in [1.807, 2.05) is 48.5 Å². The summed E-state index contributed by atoms with van der Waals surface area (Å²) in [5.41, 5.74) is 11.5. The van der Waals surface area contributed by atoms with Crippen molar-refractivity contribution in [3.05, 3.63) is 188 Å². The fraction of sp³-hybridized carbons (Fsp3) is 0. The average molecular weight is 702 g/mol. The molecule has 11 rings (SSSR count). The Morgan fingerprint density at radius 3 is 1.67 bits per heavy atom. The fourth-order valence-corrected chi connectivity index (χ4v) is 8.05. The summed E-state index contributed by atoms with van der Waals surface area (Å²) in [6.07, 6.45) is 0. The van der Waals surface area contributed by atoms with Gasteiger partial charge in [-0.05, 0) is 51.4 Å². The molecule has 11 aromatic rings. The summed E-state index contributed by atoms with van der Waals surface area (Å²) in [6, 6.07) is 65.4. The van der Waals surface area contributed by atoms with Gasteiger partial charge in [-0.3, -0.25) is 0 Å². The average Bonchev–Trinajstić information content (AvgIpc) is 3.66. The number of pyridine rings is 1. The minimum absolute atomic E-state index is 0.678. The summed E-state index contributed by atoms with van der Waals surface area (Å²) in [5, 5.41) is 7.84. The first-order valence-electron chi connectivity index (χ1n) is 18.5. The first-order chi connectivity index (χ1) is 27.3. The van der Waals surface area contributed by atoms with Crippen molar-refractivity contribution in [2.45, 2.75) is 0 Å². The van der Waals surface area contributed by atoms with Crippen molar-refractivity contribution in [1.29, 1.82) is 0 Å². The van der Waals surface area contributed by atoms with Crippen molar-refractivity contribution < 1.29 is 4.42 Å². The number of benzene rings is 8. The summed E-state index contributed by atoms with van der Waals surface area (Å²) in [4.78, 5) is 15.7. The van der Waals surface area contributed by atoms with E-state index in [1.165, 1.54) is 16.2 Å². The minimum atomic E-state index is 0.678. The van der Waals surface area contributed by atoms with Crippen LogP contribution in [0.1, 0.15) is 0 Å². The predicted molar refractivity (Wildman–Crippen MR) is 227 cm³/mol. The monoisotopic (exact) mass is 701 g/mol. The van der Waals surface area contributed by atoms with Crippen LogP contribution < -0.4 is 0 Å².